The Hall–Kier alpha value is -1.40. The number of ether oxygens (including phenoxy) is 1. The minimum atomic E-state index is -3.55. The van der Waals surface area contributed by atoms with Gasteiger partial charge in [-0.15, -0.1) is 0 Å². The molecule has 0 saturated carbocycles. The van der Waals surface area contributed by atoms with Crippen LogP contribution in [0.2, 0.25) is 0 Å². The van der Waals surface area contributed by atoms with Crippen LogP contribution in [0.15, 0.2) is 29.2 Å². The van der Waals surface area contributed by atoms with E-state index in [1.54, 1.807) is 19.1 Å². The van der Waals surface area contributed by atoms with Gasteiger partial charge in [0, 0.05) is 13.1 Å². The van der Waals surface area contributed by atoms with Gasteiger partial charge in [-0.3, -0.25) is 4.79 Å². The maximum Gasteiger partial charge on any atom is 0.310 e. The summed E-state index contributed by atoms with van der Waals surface area (Å²) in [5, 5.41) is 0. The van der Waals surface area contributed by atoms with Crippen molar-refractivity contribution >= 4 is 16.0 Å². The Morgan fingerprint density at radius 2 is 1.96 bits per heavy atom. The summed E-state index contributed by atoms with van der Waals surface area (Å²) in [7, 11) is -3.55. The molecule has 1 atom stereocenters. The lowest BCUT2D eigenvalue weighted by atomic mass is 10.0. The zero-order chi connectivity index (χ0) is 16.9. The molecule has 0 aromatic heterocycles. The van der Waals surface area contributed by atoms with Gasteiger partial charge >= 0.3 is 5.97 Å². The monoisotopic (exact) mass is 339 g/mol. The molecule has 1 saturated heterocycles. The van der Waals surface area contributed by atoms with Crippen LogP contribution >= 0.6 is 0 Å². The number of hydrogen-bond donors (Lipinski definition) is 0. The Kier molecular flexibility index (Phi) is 6.18. The molecule has 128 valence electrons. The Bertz CT molecular complexity index is 624. The molecular formula is C17H25NO4S. The van der Waals surface area contributed by atoms with Gasteiger partial charge in [-0.05, 0) is 43.9 Å². The van der Waals surface area contributed by atoms with Crippen LogP contribution in [0, 0.1) is 5.92 Å². The number of carbonyl (C=O) groups is 1. The van der Waals surface area contributed by atoms with Crippen molar-refractivity contribution in [2.24, 2.45) is 5.92 Å². The van der Waals surface area contributed by atoms with Crippen molar-refractivity contribution in [1.82, 2.24) is 4.31 Å². The smallest absolute Gasteiger partial charge is 0.310 e. The van der Waals surface area contributed by atoms with Gasteiger partial charge in [-0.1, -0.05) is 25.5 Å². The molecule has 1 aromatic carbocycles. The molecule has 1 unspecified atom stereocenters. The number of hydrogen-bond acceptors (Lipinski definition) is 4. The highest BCUT2D eigenvalue weighted by molar-refractivity contribution is 7.89. The first-order valence-electron chi connectivity index (χ1n) is 8.24. The Labute approximate surface area is 138 Å². The van der Waals surface area contributed by atoms with Gasteiger partial charge in [-0.25, -0.2) is 8.42 Å². The van der Waals surface area contributed by atoms with Crippen molar-refractivity contribution in [3.63, 3.8) is 0 Å². The molecule has 1 aliphatic rings. The van der Waals surface area contributed by atoms with E-state index in [1.165, 1.54) is 4.31 Å². The third kappa shape index (κ3) is 4.32. The molecule has 1 fully saturated rings. The fourth-order valence-corrected chi connectivity index (χ4v) is 4.40. The molecule has 2 rings (SSSR count). The number of nitrogens with zero attached hydrogens (tertiary/aromatic N) is 1. The van der Waals surface area contributed by atoms with E-state index in [4.69, 9.17) is 4.74 Å². The number of esters is 1. The third-order valence-electron chi connectivity index (χ3n) is 4.10. The van der Waals surface area contributed by atoms with E-state index < -0.39 is 10.0 Å². The largest absolute Gasteiger partial charge is 0.466 e. The maximum absolute atomic E-state index is 12.8. The second kappa shape index (κ2) is 7.93. The highest BCUT2D eigenvalue weighted by atomic mass is 32.2. The summed E-state index contributed by atoms with van der Waals surface area (Å²) in [6, 6.07) is 7.05. The van der Waals surface area contributed by atoms with Crippen LogP contribution in [0.4, 0.5) is 0 Å². The average molecular weight is 339 g/mol. The summed E-state index contributed by atoms with van der Waals surface area (Å²) in [5.41, 5.74) is 1.13. The van der Waals surface area contributed by atoms with E-state index in [0.717, 1.165) is 18.4 Å². The van der Waals surface area contributed by atoms with E-state index in [2.05, 4.69) is 6.92 Å². The zero-order valence-electron chi connectivity index (χ0n) is 13.8. The van der Waals surface area contributed by atoms with Gasteiger partial charge in [0.25, 0.3) is 0 Å². The lowest BCUT2D eigenvalue weighted by Gasteiger charge is -2.30. The van der Waals surface area contributed by atoms with E-state index in [0.29, 0.717) is 30.9 Å². The first kappa shape index (κ1) is 17.9. The van der Waals surface area contributed by atoms with Gasteiger partial charge in [0.1, 0.15) is 0 Å². The molecule has 23 heavy (non-hydrogen) atoms. The SMILES string of the molecule is CCCc1ccc(S(=O)(=O)N2CCCC(C(=O)OCC)C2)cc1. The molecule has 1 aliphatic heterocycles. The first-order chi connectivity index (χ1) is 11.0. The Morgan fingerprint density at radius 1 is 1.26 bits per heavy atom. The highest BCUT2D eigenvalue weighted by Crippen LogP contribution is 2.25. The van der Waals surface area contributed by atoms with E-state index in [9.17, 15) is 13.2 Å². The fraction of sp³-hybridized carbons (Fsp3) is 0.588. The van der Waals surface area contributed by atoms with Crippen molar-refractivity contribution in [3.05, 3.63) is 29.8 Å². The molecule has 5 nitrogen and oxygen atoms in total. The average Bonchev–Trinajstić information content (AvgIpc) is 2.56. The van der Waals surface area contributed by atoms with E-state index >= 15 is 0 Å². The molecule has 0 amide bonds. The van der Waals surface area contributed by atoms with E-state index in [1.807, 2.05) is 12.1 Å². The van der Waals surface area contributed by atoms with Crippen LogP contribution in [0.1, 0.15) is 38.7 Å². The summed E-state index contributed by atoms with van der Waals surface area (Å²) < 4.78 is 32.0. The number of rotatable bonds is 6. The van der Waals surface area contributed by atoms with Crippen molar-refractivity contribution < 1.29 is 17.9 Å². The zero-order valence-corrected chi connectivity index (χ0v) is 14.6. The second-order valence-electron chi connectivity index (χ2n) is 5.85. The van der Waals surface area contributed by atoms with Crippen LogP contribution in [0.25, 0.3) is 0 Å². The highest BCUT2D eigenvalue weighted by Gasteiger charge is 2.33. The van der Waals surface area contributed by atoms with Gasteiger partial charge in [0.2, 0.25) is 10.0 Å². The normalized spacial score (nSPS) is 19.5. The molecule has 0 spiro atoms. The van der Waals surface area contributed by atoms with Crippen molar-refractivity contribution in [1.29, 1.82) is 0 Å². The predicted molar refractivity (Wildman–Crippen MR) is 88.6 cm³/mol. The molecule has 1 aromatic rings. The quantitative estimate of drug-likeness (QED) is 0.747. The molecular weight excluding hydrogens is 314 g/mol. The van der Waals surface area contributed by atoms with Gasteiger partial charge in [0.05, 0.1) is 17.4 Å². The number of benzene rings is 1. The summed E-state index contributed by atoms with van der Waals surface area (Å²) in [6.45, 7) is 4.83. The molecule has 0 radical (unpaired) electrons. The second-order valence-corrected chi connectivity index (χ2v) is 7.79. The minimum absolute atomic E-state index is 0.206. The van der Waals surface area contributed by atoms with Gasteiger partial charge in [0.15, 0.2) is 0 Å². The molecule has 0 N–H and O–H groups in total. The lowest BCUT2D eigenvalue weighted by Crippen LogP contribution is -2.42. The number of carbonyl (C=O) groups excluding carboxylic acids is 1. The Balaban J connectivity index is 2.13. The van der Waals surface area contributed by atoms with Gasteiger partial charge in [-0.2, -0.15) is 4.31 Å². The summed E-state index contributed by atoms with van der Waals surface area (Å²) >= 11 is 0. The standard InChI is InChI=1S/C17H25NO4S/c1-3-6-14-8-10-16(11-9-14)23(20,21)18-12-5-7-15(13-18)17(19)22-4-2/h8-11,15H,3-7,12-13H2,1-2H3. The van der Waals surface area contributed by atoms with Crippen LogP contribution < -0.4 is 0 Å². The number of piperidine rings is 1. The molecule has 1 heterocycles. The van der Waals surface area contributed by atoms with Crippen LogP contribution in [0.3, 0.4) is 0 Å². The molecule has 0 aliphatic carbocycles. The molecule has 0 bridgehead atoms. The lowest BCUT2D eigenvalue weighted by molar-refractivity contribution is -0.149. The predicted octanol–water partition coefficient (Wildman–Crippen LogP) is 2.60. The van der Waals surface area contributed by atoms with Gasteiger partial charge < -0.3 is 4.74 Å². The maximum atomic E-state index is 12.8. The third-order valence-corrected chi connectivity index (χ3v) is 5.98. The van der Waals surface area contributed by atoms with E-state index in [-0.39, 0.29) is 18.4 Å². The number of sulfonamides is 1. The van der Waals surface area contributed by atoms with Crippen LogP contribution in [-0.2, 0) is 26.0 Å². The summed E-state index contributed by atoms with van der Waals surface area (Å²) in [4.78, 5) is 12.2. The minimum Gasteiger partial charge on any atom is -0.466 e. The van der Waals surface area contributed by atoms with Crippen molar-refractivity contribution in [2.75, 3.05) is 19.7 Å². The van der Waals surface area contributed by atoms with Crippen molar-refractivity contribution in [3.8, 4) is 0 Å². The Morgan fingerprint density at radius 3 is 2.57 bits per heavy atom. The summed E-state index contributed by atoms with van der Waals surface area (Å²) in [5.74, 6) is -0.663. The fourth-order valence-electron chi connectivity index (χ4n) is 2.88. The van der Waals surface area contributed by atoms with Crippen molar-refractivity contribution in [2.45, 2.75) is 44.4 Å². The van der Waals surface area contributed by atoms with Crippen LogP contribution in [-0.4, -0.2) is 38.4 Å². The summed E-state index contributed by atoms with van der Waals surface area (Å²) in [6.07, 6.45) is 3.32. The first-order valence-corrected chi connectivity index (χ1v) is 9.68. The topological polar surface area (TPSA) is 63.7 Å². The van der Waals surface area contributed by atoms with Crippen LogP contribution in [0.5, 0.6) is 0 Å². The molecule has 6 heteroatoms. The number of aryl methyl sites for hydroxylation is 1.